The Bertz CT molecular complexity index is 548. The highest BCUT2D eigenvalue weighted by Crippen LogP contribution is 2.20. The van der Waals surface area contributed by atoms with E-state index < -0.39 is 0 Å². The third kappa shape index (κ3) is 1.34. The molecular weight excluding hydrogens is 222 g/mol. The van der Waals surface area contributed by atoms with Gasteiger partial charge in [0.15, 0.2) is 3.95 Å². The summed E-state index contributed by atoms with van der Waals surface area (Å²) < 4.78 is 4.46. The van der Waals surface area contributed by atoms with Crippen LogP contribution in [0.1, 0.15) is 6.92 Å². The first kappa shape index (κ1) is 8.98. The zero-order chi connectivity index (χ0) is 9.42. The number of hydrogen-bond donors (Lipinski definition) is 1. The Balaban J connectivity index is 3.03. The second-order valence-electron chi connectivity index (χ2n) is 2.50. The molecule has 13 heavy (non-hydrogen) atoms. The number of nitrogens with one attached hydrogen (secondary N) is 1. The third-order valence-corrected chi connectivity index (χ3v) is 3.68. The molecule has 0 unspecified atom stereocenters. The third-order valence-electron chi connectivity index (χ3n) is 1.79. The summed E-state index contributed by atoms with van der Waals surface area (Å²) in [5, 5.41) is 0. The van der Waals surface area contributed by atoms with Crippen molar-refractivity contribution in [3.8, 4) is 0 Å². The van der Waals surface area contributed by atoms with E-state index in [1.165, 1.54) is 11.3 Å². The largest absolute Gasteiger partial charge is 0.331 e. The molecule has 0 amide bonds. The summed E-state index contributed by atoms with van der Waals surface area (Å²) in [6.45, 7) is 2.91. The van der Waals surface area contributed by atoms with Crippen LogP contribution in [0.15, 0.2) is 6.33 Å². The van der Waals surface area contributed by atoms with Gasteiger partial charge in [-0.1, -0.05) is 23.6 Å². The summed E-state index contributed by atoms with van der Waals surface area (Å²) in [4.78, 5) is 7.07. The summed E-state index contributed by atoms with van der Waals surface area (Å²) in [7, 11) is 0. The van der Waals surface area contributed by atoms with Crippen molar-refractivity contribution in [1.29, 1.82) is 0 Å². The maximum atomic E-state index is 5.20. The number of rotatable bonds is 1. The quantitative estimate of drug-likeness (QED) is 0.763. The molecule has 0 fully saturated rings. The van der Waals surface area contributed by atoms with Crippen molar-refractivity contribution in [3.05, 3.63) is 14.9 Å². The average Bonchev–Trinajstić information content (AvgIpc) is 2.43. The molecule has 0 saturated carbocycles. The minimum Gasteiger partial charge on any atom is -0.331 e. The lowest BCUT2D eigenvalue weighted by Gasteiger charge is -1.97. The predicted molar refractivity (Wildman–Crippen MR) is 59.3 cm³/mol. The van der Waals surface area contributed by atoms with E-state index in [-0.39, 0.29) is 0 Å². The molecule has 0 bridgehead atoms. The van der Waals surface area contributed by atoms with Crippen LogP contribution in [0.4, 0.5) is 0 Å². The number of hydrogen-bond acceptors (Lipinski definition) is 4. The van der Waals surface area contributed by atoms with E-state index in [4.69, 9.17) is 24.4 Å². The highest BCUT2D eigenvalue weighted by molar-refractivity contribution is 7.74. The van der Waals surface area contributed by atoms with Gasteiger partial charge in [-0.15, -0.1) is 0 Å². The van der Waals surface area contributed by atoms with Crippen LogP contribution in [0, 0.1) is 8.59 Å². The van der Waals surface area contributed by atoms with Crippen LogP contribution in [-0.2, 0) is 6.54 Å². The van der Waals surface area contributed by atoms with Gasteiger partial charge in [0, 0.05) is 6.54 Å². The number of nitrogens with zero attached hydrogens (tertiary/aromatic N) is 2. The van der Waals surface area contributed by atoms with Gasteiger partial charge in [0.1, 0.15) is 15.0 Å². The summed E-state index contributed by atoms with van der Waals surface area (Å²) in [6.07, 6.45) is 1.61. The smallest absolute Gasteiger partial charge is 0.163 e. The summed E-state index contributed by atoms with van der Waals surface area (Å²) in [6, 6.07) is 0. The van der Waals surface area contributed by atoms with Crippen molar-refractivity contribution < 1.29 is 0 Å². The van der Waals surface area contributed by atoms with E-state index in [2.05, 4.69) is 16.9 Å². The first-order chi connectivity index (χ1) is 6.24. The highest BCUT2D eigenvalue weighted by atomic mass is 32.1. The molecule has 0 saturated heterocycles. The topological polar surface area (TPSA) is 33.6 Å². The van der Waals surface area contributed by atoms with Crippen LogP contribution in [-0.4, -0.2) is 14.5 Å². The Morgan fingerprint density at radius 1 is 1.62 bits per heavy atom. The molecule has 68 valence electrons. The molecule has 6 heteroatoms. The maximum Gasteiger partial charge on any atom is 0.163 e. The van der Waals surface area contributed by atoms with Crippen LogP contribution in [0.2, 0.25) is 0 Å². The van der Waals surface area contributed by atoms with Crippen LogP contribution in [0.3, 0.4) is 0 Å². The molecular formula is C7H7N3S3. The van der Waals surface area contributed by atoms with E-state index in [9.17, 15) is 0 Å². The van der Waals surface area contributed by atoms with E-state index in [1.54, 1.807) is 6.33 Å². The maximum absolute atomic E-state index is 5.20. The lowest BCUT2D eigenvalue weighted by Crippen LogP contribution is -1.94. The Morgan fingerprint density at radius 2 is 2.38 bits per heavy atom. The normalized spacial score (nSPS) is 10.8. The van der Waals surface area contributed by atoms with Gasteiger partial charge in [0.2, 0.25) is 0 Å². The molecule has 2 rings (SSSR count). The van der Waals surface area contributed by atoms with Crippen molar-refractivity contribution >= 4 is 46.1 Å². The number of aromatic nitrogens is 3. The van der Waals surface area contributed by atoms with Gasteiger partial charge in [-0.05, 0) is 19.1 Å². The number of aromatic amines is 1. The molecule has 0 aliphatic carbocycles. The van der Waals surface area contributed by atoms with Gasteiger partial charge in [-0.25, -0.2) is 4.98 Å². The molecule has 1 N–H and O–H groups in total. The molecule has 0 aliphatic heterocycles. The molecule has 2 aromatic heterocycles. The minimum absolute atomic E-state index is 0.622. The van der Waals surface area contributed by atoms with E-state index in [0.29, 0.717) is 4.64 Å². The Hall–Kier alpha value is -0.590. The SMILES string of the molecule is CCn1c(=S)sc2c(=S)nc[nH]c21. The Labute approximate surface area is 89.1 Å². The number of fused-ring (bicyclic) bond motifs is 1. The van der Waals surface area contributed by atoms with Crippen LogP contribution in [0.25, 0.3) is 10.3 Å². The Kier molecular flexibility index (Phi) is 2.27. The molecule has 3 nitrogen and oxygen atoms in total. The van der Waals surface area contributed by atoms with Gasteiger partial charge >= 0.3 is 0 Å². The lowest BCUT2D eigenvalue weighted by atomic mass is 10.6. The molecule has 2 aromatic rings. The standard InChI is InChI=1S/C7H7N3S3/c1-2-10-5-4(13-7(10)12)6(11)9-3-8-5/h3H,2H2,1H3,(H,8,9,11). The van der Waals surface area contributed by atoms with Crippen LogP contribution >= 0.6 is 35.8 Å². The number of H-pyrrole nitrogens is 1. The van der Waals surface area contributed by atoms with Crippen LogP contribution in [0.5, 0.6) is 0 Å². The van der Waals surface area contributed by atoms with Gasteiger partial charge in [-0.3, -0.25) is 0 Å². The van der Waals surface area contributed by atoms with E-state index in [0.717, 1.165) is 20.8 Å². The summed E-state index contributed by atoms with van der Waals surface area (Å²) in [5.41, 5.74) is 0.984. The molecule has 0 aliphatic rings. The second-order valence-corrected chi connectivity index (χ2v) is 4.53. The second kappa shape index (κ2) is 3.28. The van der Waals surface area contributed by atoms with Crippen molar-refractivity contribution in [1.82, 2.24) is 14.5 Å². The first-order valence-corrected chi connectivity index (χ1v) is 5.44. The highest BCUT2D eigenvalue weighted by Gasteiger charge is 2.04. The fourth-order valence-corrected chi connectivity index (χ4v) is 2.85. The van der Waals surface area contributed by atoms with Crippen molar-refractivity contribution in [2.75, 3.05) is 0 Å². The fourth-order valence-electron chi connectivity index (χ4n) is 1.19. The van der Waals surface area contributed by atoms with Gasteiger partial charge in [0.25, 0.3) is 0 Å². The fraction of sp³-hybridized carbons (Fsp3) is 0.286. The van der Waals surface area contributed by atoms with Gasteiger partial charge in [-0.2, -0.15) is 0 Å². The number of aryl methyl sites for hydroxylation is 1. The molecule has 0 spiro atoms. The molecule has 0 radical (unpaired) electrons. The lowest BCUT2D eigenvalue weighted by molar-refractivity contribution is 0.782. The summed E-state index contributed by atoms with van der Waals surface area (Å²) >= 11 is 11.8. The van der Waals surface area contributed by atoms with Crippen molar-refractivity contribution in [3.63, 3.8) is 0 Å². The van der Waals surface area contributed by atoms with Crippen molar-refractivity contribution in [2.45, 2.75) is 13.5 Å². The molecule has 0 aromatic carbocycles. The summed E-state index contributed by atoms with van der Waals surface area (Å²) in [5.74, 6) is 0. The van der Waals surface area contributed by atoms with Crippen LogP contribution < -0.4 is 0 Å². The zero-order valence-corrected chi connectivity index (χ0v) is 9.35. The van der Waals surface area contributed by atoms with Gasteiger partial charge in [0.05, 0.1) is 6.33 Å². The predicted octanol–water partition coefficient (Wildman–Crippen LogP) is 2.90. The monoisotopic (exact) mass is 229 g/mol. The van der Waals surface area contributed by atoms with E-state index >= 15 is 0 Å². The molecule has 2 heterocycles. The number of thiazole rings is 1. The van der Waals surface area contributed by atoms with E-state index in [1.807, 2.05) is 4.57 Å². The zero-order valence-electron chi connectivity index (χ0n) is 6.90. The van der Waals surface area contributed by atoms with Gasteiger partial charge < -0.3 is 9.55 Å². The Morgan fingerprint density at radius 3 is 3.08 bits per heavy atom. The average molecular weight is 229 g/mol. The first-order valence-electron chi connectivity index (χ1n) is 3.81. The minimum atomic E-state index is 0.622. The van der Waals surface area contributed by atoms with Crippen molar-refractivity contribution in [2.24, 2.45) is 0 Å². The molecule has 0 atom stereocenters.